The van der Waals surface area contributed by atoms with Crippen molar-refractivity contribution in [3.8, 4) is 0 Å². The van der Waals surface area contributed by atoms with Crippen LogP contribution in [0, 0.1) is 5.82 Å². The standard InChI is InChI=1S/C13H15BrFNO3S/c1-8(17)16-12(13(18)19)4-5-20-7-9-6-10(14)2-3-11(9)15/h2-3,6,12H,4-5,7H2,1H3,(H,16,17)(H,18,19). The Balaban J connectivity index is 2.42. The number of thioether (sulfide) groups is 1. The molecular formula is C13H15BrFNO3S. The zero-order valence-electron chi connectivity index (χ0n) is 10.9. The molecule has 1 amide bonds. The molecule has 0 radical (unpaired) electrons. The molecule has 0 fully saturated rings. The van der Waals surface area contributed by atoms with E-state index >= 15 is 0 Å². The SMILES string of the molecule is CC(=O)NC(CCSCc1cc(Br)ccc1F)C(=O)O. The largest absolute Gasteiger partial charge is 0.480 e. The summed E-state index contributed by atoms with van der Waals surface area (Å²) in [5.41, 5.74) is 0.566. The summed E-state index contributed by atoms with van der Waals surface area (Å²) in [7, 11) is 0. The maximum absolute atomic E-state index is 13.5. The van der Waals surface area contributed by atoms with Crippen molar-refractivity contribution in [2.45, 2.75) is 25.1 Å². The van der Waals surface area contributed by atoms with Crippen molar-refractivity contribution in [2.24, 2.45) is 0 Å². The minimum Gasteiger partial charge on any atom is -0.480 e. The quantitative estimate of drug-likeness (QED) is 0.731. The lowest BCUT2D eigenvalue weighted by Crippen LogP contribution is -2.39. The third kappa shape index (κ3) is 5.92. The van der Waals surface area contributed by atoms with E-state index in [9.17, 15) is 14.0 Å². The van der Waals surface area contributed by atoms with Crippen LogP contribution in [0.15, 0.2) is 22.7 Å². The molecule has 0 saturated heterocycles. The van der Waals surface area contributed by atoms with E-state index in [1.807, 2.05) is 0 Å². The van der Waals surface area contributed by atoms with Gasteiger partial charge in [-0.05, 0) is 35.9 Å². The number of halogens is 2. The second-order valence-electron chi connectivity index (χ2n) is 4.17. The van der Waals surface area contributed by atoms with Crippen LogP contribution in [0.5, 0.6) is 0 Å². The fourth-order valence-electron chi connectivity index (χ4n) is 1.54. The number of carbonyl (C=O) groups is 2. The minimum atomic E-state index is -1.06. The van der Waals surface area contributed by atoms with Gasteiger partial charge in [-0.25, -0.2) is 9.18 Å². The lowest BCUT2D eigenvalue weighted by molar-refractivity contribution is -0.141. The molecule has 7 heteroatoms. The van der Waals surface area contributed by atoms with Crippen LogP contribution in [0.2, 0.25) is 0 Å². The topological polar surface area (TPSA) is 66.4 Å². The molecule has 0 heterocycles. The number of aliphatic carboxylic acids is 1. The van der Waals surface area contributed by atoms with E-state index in [0.29, 0.717) is 23.5 Å². The third-order valence-electron chi connectivity index (χ3n) is 2.49. The van der Waals surface area contributed by atoms with Crippen LogP contribution in [0.4, 0.5) is 4.39 Å². The van der Waals surface area contributed by atoms with Gasteiger partial charge >= 0.3 is 5.97 Å². The smallest absolute Gasteiger partial charge is 0.326 e. The molecule has 110 valence electrons. The molecule has 1 unspecified atom stereocenters. The Kier molecular flexibility index (Phi) is 7.01. The van der Waals surface area contributed by atoms with Crippen molar-refractivity contribution >= 4 is 39.6 Å². The molecule has 0 aliphatic carbocycles. The zero-order chi connectivity index (χ0) is 15.1. The number of hydrogen-bond donors (Lipinski definition) is 2. The van der Waals surface area contributed by atoms with Crippen LogP contribution in [0.1, 0.15) is 18.9 Å². The first-order chi connectivity index (χ1) is 9.40. The van der Waals surface area contributed by atoms with Gasteiger partial charge in [0.25, 0.3) is 0 Å². The number of nitrogens with one attached hydrogen (secondary N) is 1. The number of carboxylic acids is 1. The first-order valence-corrected chi connectivity index (χ1v) is 7.86. The number of hydrogen-bond acceptors (Lipinski definition) is 3. The predicted octanol–water partition coefficient (Wildman–Crippen LogP) is 2.80. The highest BCUT2D eigenvalue weighted by Gasteiger charge is 2.17. The molecular weight excluding hydrogens is 349 g/mol. The van der Waals surface area contributed by atoms with Gasteiger partial charge in [0.15, 0.2) is 0 Å². The lowest BCUT2D eigenvalue weighted by atomic mass is 10.2. The summed E-state index contributed by atoms with van der Waals surface area (Å²) >= 11 is 4.70. The molecule has 1 aromatic rings. The van der Waals surface area contributed by atoms with E-state index in [4.69, 9.17) is 5.11 Å². The molecule has 20 heavy (non-hydrogen) atoms. The highest BCUT2D eigenvalue weighted by atomic mass is 79.9. The minimum absolute atomic E-state index is 0.280. The normalized spacial score (nSPS) is 11.9. The monoisotopic (exact) mass is 363 g/mol. The average Bonchev–Trinajstić information content (AvgIpc) is 2.36. The molecule has 1 rings (SSSR count). The van der Waals surface area contributed by atoms with Gasteiger partial charge in [-0.1, -0.05) is 15.9 Å². The van der Waals surface area contributed by atoms with Gasteiger partial charge in [0.2, 0.25) is 5.91 Å². The Morgan fingerprint density at radius 1 is 1.50 bits per heavy atom. The number of carboxylic acid groups (broad SMARTS) is 1. The average molecular weight is 364 g/mol. The Labute approximate surface area is 129 Å². The van der Waals surface area contributed by atoms with Gasteiger partial charge in [0, 0.05) is 17.1 Å². The van der Waals surface area contributed by atoms with E-state index in [-0.39, 0.29) is 11.7 Å². The summed E-state index contributed by atoms with van der Waals surface area (Å²) in [5.74, 6) is -0.742. The summed E-state index contributed by atoms with van der Waals surface area (Å²) in [6.07, 6.45) is 0.301. The van der Waals surface area contributed by atoms with Crippen molar-refractivity contribution in [1.29, 1.82) is 0 Å². The fourth-order valence-corrected chi connectivity index (χ4v) is 2.94. The van der Waals surface area contributed by atoms with Crippen molar-refractivity contribution < 1.29 is 19.1 Å². The molecule has 0 aliphatic rings. The van der Waals surface area contributed by atoms with Crippen LogP contribution in [0.25, 0.3) is 0 Å². The van der Waals surface area contributed by atoms with Crippen LogP contribution < -0.4 is 5.32 Å². The van der Waals surface area contributed by atoms with Gasteiger partial charge in [0.1, 0.15) is 11.9 Å². The maximum Gasteiger partial charge on any atom is 0.326 e. The van der Waals surface area contributed by atoms with Gasteiger partial charge in [0.05, 0.1) is 0 Å². The highest BCUT2D eigenvalue weighted by molar-refractivity contribution is 9.10. The fraction of sp³-hybridized carbons (Fsp3) is 0.385. The van der Waals surface area contributed by atoms with E-state index < -0.39 is 12.0 Å². The summed E-state index contributed by atoms with van der Waals surface area (Å²) in [4.78, 5) is 21.8. The second kappa shape index (κ2) is 8.26. The number of carbonyl (C=O) groups excluding carboxylic acids is 1. The Hall–Kier alpha value is -1.08. The molecule has 1 atom stereocenters. The molecule has 0 aliphatic heterocycles. The maximum atomic E-state index is 13.5. The Morgan fingerprint density at radius 3 is 2.80 bits per heavy atom. The van der Waals surface area contributed by atoms with Crippen molar-refractivity contribution in [3.63, 3.8) is 0 Å². The molecule has 0 bridgehead atoms. The summed E-state index contributed by atoms with van der Waals surface area (Å²) < 4.78 is 14.3. The summed E-state index contributed by atoms with van der Waals surface area (Å²) in [5, 5.41) is 11.3. The Bertz CT molecular complexity index is 499. The van der Waals surface area contributed by atoms with Gasteiger partial charge < -0.3 is 10.4 Å². The Morgan fingerprint density at radius 2 is 2.20 bits per heavy atom. The summed E-state index contributed by atoms with van der Waals surface area (Å²) in [6, 6.07) is 3.82. The van der Waals surface area contributed by atoms with Crippen LogP contribution >= 0.6 is 27.7 Å². The third-order valence-corrected chi connectivity index (χ3v) is 4.02. The molecule has 4 nitrogen and oxygen atoms in total. The van der Waals surface area contributed by atoms with Gasteiger partial charge in [-0.3, -0.25) is 4.79 Å². The molecule has 0 saturated carbocycles. The molecule has 1 aromatic carbocycles. The second-order valence-corrected chi connectivity index (χ2v) is 6.19. The number of benzene rings is 1. The number of amides is 1. The van der Waals surface area contributed by atoms with Gasteiger partial charge in [-0.15, -0.1) is 0 Å². The van der Waals surface area contributed by atoms with Gasteiger partial charge in [-0.2, -0.15) is 11.8 Å². The molecule has 0 spiro atoms. The number of rotatable bonds is 7. The lowest BCUT2D eigenvalue weighted by Gasteiger charge is -2.12. The predicted molar refractivity (Wildman–Crippen MR) is 80.1 cm³/mol. The first-order valence-electron chi connectivity index (χ1n) is 5.91. The van der Waals surface area contributed by atoms with Crippen molar-refractivity contribution in [2.75, 3.05) is 5.75 Å². The molecule has 0 aromatic heterocycles. The zero-order valence-corrected chi connectivity index (χ0v) is 13.3. The van der Waals surface area contributed by atoms with Crippen LogP contribution in [-0.2, 0) is 15.3 Å². The highest BCUT2D eigenvalue weighted by Crippen LogP contribution is 2.21. The first kappa shape index (κ1) is 17.0. The van der Waals surface area contributed by atoms with Crippen molar-refractivity contribution in [3.05, 3.63) is 34.1 Å². The van der Waals surface area contributed by atoms with Crippen LogP contribution in [0.3, 0.4) is 0 Å². The van der Waals surface area contributed by atoms with Crippen LogP contribution in [-0.4, -0.2) is 28.8 Å². The van der Waals surface area contributed by atoms with E-state index in [1.54, 1.807) is 12.1 Å². The molecule has 2 N–H and O–H groups in total. The van der Waals surface area contributed by atoms with E-state index in [1.165, 1.54) is 24.8 Å². The van der Waals surface area contributed by atoms with Crippen molar-refractivity contribution in [1.82, 2.24) is 5.32 Å². The van der Waals surface area contributed by atoms with E-state index in [2.05, 4.69) is 21.2 Å². The summed E-state index contributed by atoms with van der Waals surface area (Å²) in [6.45, 7) is 1.28. The van der Waals surface area contributed by atoms with E-state index in [0.717, 1.165) is 4.47 Å².